The van der Waals surface area contributed by atoms with Crippen molar-refractivity contribution in [2.24, 2.45) is 4.99 Å². The molecule has 3 aromatic rings. The average molecular weight is 405 g/mol. The largest absolute Gasteiger partial charge is 0.468 e. The van der Waals surface area contributed by atoms with E-state index >= 15 is 0 Å². The van der Waals surface area contributed by atoms with Crippen LogP contribution in [0.1, 0.15) is 11.1 Å². The summed E-state index contributed by atoms with van der Waals surface area (Å²) >= 11 is 0. The lowest BCUT2D eigenvalue weighted by atomic mass is 10.1. The number of hydrogen-bond acceptors (Lipinski definition) is 3. The normalized spacial score (nSPS) is 12.2. The van der Waals surface area contributed by atoms with Crippen molar-refractivity contribution in [3.8, 4) is 5.88 Å². The summed E-state index contributed by atoms with van der Waals surface area (Å²) in [6, 6.07) is 11.3. The van der Waals surface area contributed by atoms with Crippen LogP contribution in [0.3, 0.4) is 0 Å². The molecule has 3 N–H and O–H groups in total. The van der Waals surface area contributed by atoms with Crippen molar-refractivity contribution in [1.82, 2.24) is 20.6 Å². The van der Waals surface area contributed by atoms with Gasteiger partial charge in [-0.15, -0.1) is 0 Å². The molecule has 2 heterocycles. The molecule has 3 rings (SSSR count). The van der Waals surface area contributed by atoms with Gasteiger partial charge in [0.15, 0.2) is 12.6 Å². The fraction of sp³-hybridized carbons (Fsp3) is 0.300. The molecule has 0 unspecified atom stereocenters. The quantitative estimate of drug-likeness (QED) is 0.416. The van der Waals surface area contributed by atoms with Gasteiger partial charge in [-0.05, 0) is 29.7 Å². The summed E-state index contributed by atoms with van der Waals surface area (Å²) in [5.41, 5.74) is 3.05. The smallest absolute Gasteiger partial charge is 0.422 e. The van der Waals surface area contributed by atoms with Gasteiger partial charge in [-0.3, -0.25) is 4.99 Å². The average Bonchev–Trinajstić information content (AvgIpc) is 3.12. The fourth-order valence-electron chi connectivity index (χ4n) is 2.86. The number of ether oxygens (including phenoxy) is 1. The van der Waals surface area contributed by atoms with Gasteiger partial charge < -0.3 is 20.4 Å². The van der Waals surface area contributed by atoms with Gasteiger partial charge in [-0.1, -0.05) is 18.2 Å². The van der Waals surface area contributed by atoms with E-state index in [4.69, 9.17) is 0 Å². The molecule has 0 radical (unpaired) electrons. The lowest BCUT2D eigenvalue weighted by Crippen LogP contribution is -2.37. The third kappa shape index (κ3) is 6.13. The zero-order valence-electron chi connectivity index (χ0n) is 15.9. The first-order valence-electron chi connectivity index (χ1n) is 9.08. The van der Waals surface area contributed by atoms with Gasteiger partial charge in [-0.25, -0.2) is 4.98 Å². The van der Waals surface area contributed by atoms with E-state index in [1.165, 1.54) is 23.2 Å². The number of fused-ring (bicyclic) bond motifs is 1. The first-order chi connectivity index (χ1) is 13.9. The number of halogens is 3. The summed E-state index contributed by atoms with van der Waals surface area (Å²) in [4.78, 5) is 11.2. The number of aromatic amines is 1. The molecule has 29 heavy (non-hydrogen) atoms. The van der Waals surface area contributed by atoms with E-state index in [0.29, 0.717) is 19.0 Å². The first-order valence-corrected chi connectivity index (χ1v) is 9.08. The second-order valence-corrected chi connectivity index (χ2v) is 6.37. The summed E-state index contributed by atoms with van der Waals surface area (Å²) in [5.74, 6) is 0.531. The van der Waals surface area contributed by atoms with E-state index in [1.54, 1.807) is 13.1 Å². The molecule has 154 valence electrons. The van der Waals surface area contributed by atoms with Gasteiger partial charge in [0.25, 0.3) is 0 Å². The zero-order chi connectivity index (χ0) is 20.7. The van der Waals surface area contributed by atoms with Crippen molar-refractivity contribution in [3.05, 3.63) is 59.9 Å². The predicted molar refractivity (Wildman–Crippen MR) is 106 cm³/mol. The Morgan fingerprint density at radius 3 is 2.83 bits per heavy atom. The highest BCUT2D eigenvalue weighted by Gasteiger charge is 2.28. The minimum atomic E-state index is -4.40. The maximum Gasteiger partial charge on any atom is 0.422 e. The SMILES string of the molecule is CN=C(NCCc1c[nH]c2ccccc12)NCc1ccnc(OCC(F)(F)F)c1. The number of guanidine groups is 1. The molecule has 0 aliphatic heterocycles. The van der Waals surface area contributed by atoms with Crippen molar-refractivity contribution in [1.29, 1.82) is 0 Å². The van der Waals surface area contributed by atoms with E-state index in [9.17, 15) is 13.2 Å². The Bertz CT molecular complexity index is 968. The number of aromatic nitrogens is 2. The van der Waals surface area contributed by atoms with Crippen molar-refractivity contribution >= 4 is 16.9 Å². The Morgan fingerprint density at radius 2 is 2.03 bits per heavy atom. The molecular formula is C20H22F3N5O. The van der Waals surface area contributed by atoms with E-state index < -0.39 is 12.8 Å². The second kappa shape index (κ2) is 9.31. The molecule has 1 aromatic carbocycles. The minimum absolute atomic E-state index is 0.0658. The lowest BCUT2D eigenvalue weighted by Gasteiger charge is -2.13. The number of alkyl halides is 3. The molecule has 0 saturated heterocycles. The molecule has 9 heteroatoms. The highest BCUT2D eigenvalue weighted by Crippen LogP contribution is 2.18. The number of rotatable bonds is 7. The Hall–Kier alpha value is -3.23. The van der Waals surface area contributed by atoms with Crippen LogP contribution in [-0.4, -0.2) is 42.3 Å². The van der Waals surface area contributed by atoms with Gasteiger partial charge in [-0.2, -0.15) is 13.2 Å². The summed E-state index contributed by atoms with van der Waals surface area (Å²) in [7, 11) is 1.66. The number of benzene rings is 1. The Labute approximate surface area is 166 Å². The standard InChI is InChI=1S/C20H22F3N5O/c1-24-19(26-9-7-15-12-27-17-5-3-2-4-16(15)17)28-11-14-6-8-25-18(10-14)29-13-20(21,22)23/h2-6,8,10,12,27H,7,9,11,13H2,1H3,(H2,24,26,28). The third-order valence-corrected chi connectivity index (χ3v) is 4.23. The number of pyridine rings is 1. The van der Waals surface area contributed by atoms with Gasteiger partial charge in [0.1, 0.15) is 0 Å². The Morgan fingerprint density at radius 1 is 1.21 bits per heavy atom. The molecule has 0 aliphatic rings. The molecule has 0 atom stereocenters. The molecule has 0 saturated carbocycles. The Kier molecular flexibility index (Phi) is 6.58. The molecule has 0 spiro atoms. The number of aliphatic imine (C=N–C) groups is 1. The topological polar surface area (TPSA) is 74.3 Å². The summed E-state index contributed by atoms with van der Waals surface area (Å²) < 4.78 is 41.4. The number of para-hydroxylation sites is 1. The van der Waals surface area contributed by atoms with Crippen molar-refractivity contribution in [2.45, 2.75) is 19.1 Å². The van der Waals surface area contributed by atoms with E-state index in [1.807, 2.05) is 24.4 Å². The summed E-state index contributed by atoms with van der Waals surface area (Å²) in [6.45, 7) is -0.316. The van der Waals surface area contributed by atoms with Crippen molar-refractivity contribution in [2.75, 3.05) is 20.2 Å². The highest BCUT2D eigenvalue weighted by molar-refractivity contribution is 5.83. The molecule has 6 nitrogen and oxygen atoms in total. The maximum atomic E-state index is 12.3. The molecular weight excluding hydrogens is 383 g/mol. The van der Waals surface area contributed by atoms with Crippen LogP contribution in [-0.2, 0) is 13.0 Å². The molecule has 0 amide bonds. The van der Waals surface area contributed by atoms with Gasteiger partial charge in [0.2, 0.25) is 5.88 Å². The number of nitrogens with zero attached hydrogens (tertiary/aromatic N) is 2. The second-order valence-electron chi connectivity index (χ2n) is 6.37. The van der Waals surface area contributed by atoms with Crippen LogP contribution in [0.25, 0.3) is 10.9 Å². The fourth-order valence-corrected chi connectivity index (χ4v) is 2.86. The van der Waals surface area contributed by atoms with E-state index in [0.717, 1.165) is 17.5 Å². The van der Waals surface area contributed by atoms with Gasteiger partial charge >= 0.3 is 6.18 Å². The number of nitrogens with one attached hydrogen (secondary N) is 3. The van der Waals surface area contributed by atoms with Gasteiger partial charge in [0, 0.05) is 49.5 Å². The zero-order valence-corrected chi connectivity index (χ0v) is 15.9. The minimum Gasteiger partial charge on any atom is -0.468 e. The molecule has 0 fully saturated rings. The molecule has 2 aromatic heterocycles. The number of H-pyrrole nitrogens is 1. The Balaban J connectivity index is 1.48. The van der Waals surface area contributed by atoms with Crippen LogP contribution in [0.4, 0.5) is 13.2 Å². The lowest BCUT2D eigenvalue weighted by molar-refractivity contribution is -0.154. The summed E-state index contributed by atoms with van der Waals surface area (Å²) in [6.07, 6.45) is -0.167. The van der Waals surface area contributed by atoms with E-state index in [2.05, 4.69) is 36.4 Å². The monoisotopic (exact) mass is 405 g/mol. The predicted octanol–water partition coefficient (Wildman–Crippen LogP) is 3.41. The van der Waals surface area contributed by atoms with Crippen LogP contribution in [0.2, 0.25) is 0 Å². The first kappa shape index (κ1) is 20.5. The maximum absolute atomic E-state index is 12.3. The van der Waals surface area contributed by atoms with Crippen molar-refractivity contribution < 1.29 is 17.9 Å². The highest BCUT2D eigenvalue weighted by atomic mass is 19.4. The summed E-state index contributed by atoms with van der Waals surface area (Å²) in [5, 5.41) is 7.55. The van der Waals surface area contributed by atoms with Crippen LogP contribution in [0.15, 0.2) is 53.8 Å². The third-order valence-electron chi connectivity index (χ3n) is 4.23. The van der Waals surface area contributed by atoms with E-state index in [-0.39, 0.29) is 5.88 Å². The van der Waals surface area contributed by atoms with Crippen molar-refractivity contribution in [3.63, 3.8) is 0 Å². The molecule has 0 aliphatic carbocycles. The van der Waals surface area contributed by atoms with Crippen LogP contribution >= 0.6 is 0 Å². The van der Waals surface area contributed by atoms with Crippen LogP contribution in [0.5, 0.6) is 5.88 Å². The van der Waals surface area contributed by atoms with Crippen LogP contribution in [0, 0.1) is 0 Å². The number of hydrogen-bond donors (Lipinski definition) is 3. The molecule has 0 bridgehead atoms. The van der Waals surface area contributed by atoms with Crippen LogP contribution < -0.4 is 15.4 Å². The van der Waals surface area contributed by atoms with Gasteiger partial charge in [0.05, 0.1) is 0 Å².